The van der Waals surface area contributed by atoms with Gasteiger partial charge in [0.2, 0.25) is 5.95 Å². The summed E-state index contributed by atoms with van der Waals surface area (Å²) in [5.41, 5.74) is 1.15. The highest BCUT2D eigenvalue weighted by Crippen LogP contribution is 2.22. The molecule has 1 aromatic heterocycles. The second kappa shape index (κ2) is 6.14. The standard InChI is InChI=1S/C14H24N4/c1-4-12-5-6-18(10-12)14-16-8-13(9-17-14)7-15-11(2)3/h8-9,11-12,15H,4-7,10H2,1-3H3. The van der Waals surface area contributed by atoms with Crippen LogP contribution >= 0.6 is 0 Å². The van der Waals surface area contributed by atoms with Crippen LogP contribution < -0.4 is 10.2 Å². The molecule has 100 valence electrons. The molecule has 4 nitrogen and oxygen atoms in total. The quantitative estimate of drug-likeness (QED) is 0.867. The summed E-state index contributed by atoms with van der Waals surface area (Å²) in [4.78, 5) is 11.3. The second-order valence-corrected chi connectivity index (χ2v) is 5.44. The van der Waals surface area contributed by atoms with E-state index in [0.717, 1.165) is 37.1 Å². The highest BCUT2D eigenvalue weighted by Gasteiger charge is 2.22. The lowest BCUT2D eigenvalue weighted by molar-refractivity contribution is 0.568. The molecule has 1 saturated heterocycles. The lowest BCUT2D eigenvalue weighted by Gasteiger charge is -2.16. The Balaban J connectivity index is 1.91. The van der Waals surface area contributed by atoms with Gasteiger partial charge in [0.15, 0.2) is 0 Å². The number of aromatic nitrogens is 2. The molecule has 0 aromatic carbocycles. The van der Waals surface area contributed by atoms with Crippen LogP contribution in [-0.4, -0.2) is 29.1 Å². The van der Waals surface area contributed by atoms with Crippen molar-refractivity contribution in [3.8, 4) is 0 Å². The molecule has 0 spiro atoms. The predicted molar refractivity (Wildman–Crippen MR) is 74.6 cm³/mol. The van der Waals surface area contributed by atoms with Crippen LogP contribution in [0.15, 0.2) is 12.4 Å². The molecule has 1 aromatic rings. The summed E-state index contributed by atoms with van der Waals surface area (Å²) in [6.07, 6.45) is 6.41. The predicted octanol–water partition coefficient (Wildman–Crippen LogP) is 2.21. The normalized spacial score (nSPS) is 19.8. The Kier molecular flexibility index (Phi) is 4.53. The SMILES string of the molecule is CCC1CCN(c2ncc(CNC(C)C)cn2)C1. The van der Waals surface area contributed by atoms with Crippen molar-refractivity contribution in [3.63, 3.8) is 0 Å². The summed E-state index contributed by atoms with van der Waals surface area (Å²) in [5.74, 6) is 1.70. The molecule has 0 saturated carbocycles. The van der Waals surface area contributed by atoms with Gasteiger partial charge in [-0.3, -0.25) is 0 Å². The van der Waals surface area contributed by atoms with Crippen molar-refractivity contribution in [2.24, 2.45) is 5.92 Å². The number of nitrogens with one attached hydrogen (secondary N) is 1. The Bertz CT molecular complexity index is 361. The van der Waals surface area contributed by atoms with Gasteiger partial charge in [0.1, 0.15) is 0 Å². The van der Waals surface area contributed by atoms with Crippen LogP contribution in [0.3, 0.4) is 0 Å². The van der Waals surface area contributed by atoms with Crippen molar-refractivity contribution < 1.29 is 0 Å². The molecule has 1 aliphatic rings. The van der Waals surface area contributed by atoms with Crippen LogP contribution in [0.25, 0.3) is 0 Å². The Morgan fingerprint density at radius 2 is 2.11 bits per heavy atom. The smallest absolute Gasteiger partial charge is 0.225 e. The maximum atomic E-state index is 4.48. The van der Waals surface area contributed by atoms with Crippen LogP contribution in [0.1, 0.15) is 39.2 Å². The third-order valence-corrected chi connectivity index (χ3v) is 3.55. The van der Waals surface area contributed by atoms with Crippen LogP contribution in [0.2, 0.25) is 0 Å². The summed E-state index contributed by atoms with van der Waals surface area (Å²) in [7, 11) is 0. The van der Waals surface area contributed by atoms with E-state index >= 15 is 0 Å². The first-order valence-electron chi connectivity index (χ1n) is 6.98. The monoisotopic (exact) mass is 248 g/mol. The number of hydrogen-bond acceptors (Lipinski definition) is 4. The van der Waals surface area contributed by atoms with E-state index in [1.807, 2.05) is 12.4 Å². The van der Waals surface area contributed by atoms with Crippen LogP contribution in [-0.2, 0) is 6.54 Å². The molecule has 1 N–H and O–H groups in total. The van der Waals surface area contributed by atoms with E-state index in [4.69, 9.17) is 0 Å². The van der Waals surface area contributed by atoms with Crippen molar-refractivity contribution >= 4 is 5.95 Å². The van der Waals surface area contributed by atoms with Crippen molar-refractivity contribution in [2.75, 3.05) is 18.0 Å². The molecule has 1 unspecified atom stereocenters. The van der Waals surface area contributed by atoms with Crippen molar-refractivity contribution in [1.82, 2.24) is 15.3 Å². The lowest BCUT2D eigenvalue weighted by atomic mass is 10.1. The van der Waals surface area contributed by atoms with Gasteiger partial charge < -0.3 is 10.2 Å². The van der Waals surface area contributed by atoms with Crippen LogP contribution in [0.4, 0.5) is 5.95 Å². The second-order valence-electron chi connectivity index (χ2n) is 5.44. The molecule has 0 radical (unpaired) electrons. The van der Waals surface area contributed by atoms with Gasteiger partial charge in [0.05, 0.1) is 0 Å². The maximum absolute atomic E-state index is 4.48. The fourth-order valence-corrected chi connectivity index (χ4v) is 2.27. The number of anilines is 1. The van der Waals surface area contributed by atoms with Gasteiger partial charge in [0, 0.05) is 43.6 Å². The summed E-state index contributed by atoms with van der Waals surface area (Å²) >= 11 is 0. The zero-order valence-corrected chi connectivity index (χ0v) is 11.7. The van der Waals surface area contributed by atoms with Crippen LogP contribution in [0, 0.1) is 5.92 Å². The molecular formula is C14H24N4. The van der Waals surface area contributed by atoms with Gasteiger partial charge >= 0.3 is 0 Å². The first-order chi connectivity index (χ1) is 8.69. The Labute approximate surface area is 110 Å². The van der Waals surface area contributed by atoms with E-state index in [2.05, 4.69) is 41.0 Å². The summed E-state index contributed by atoms with van der Waals surface area (Å²) in [5, 5.41) is 3.37. The van der Waals surface area contributed by atoms with E-state index in [1.165, 1.54) is 12.8 Å². The number of hydrogen-bond donors (Lipinski definition) is 1. The van der Waals surface area contributed by atoms with E-state index in [0.29, 0.717) is 6.04 Å². The van der Waals surface area contributed by atoms with Crippen molar-refractivity contribution in [3.05, 3.63) is 18.0 Å². The molecule has 0 amide bonds. The lowest BCUT2D eigenvalue weighted by Crippen LogP contribution is -2.24. The molecule has 0 aliphatic carbocycles. The van der Waals surface area contributed by atoms with Crippen molar-refractivity contribution in [2.45, 2.75) is 46.2 Å². The minimum Gasteiger partial charge on any atom is -0.341 e. The molecule has 1 atom stereocenters. The fraction of sp³-hybridized carbons (Fsp3) is 0.714. The molecule has 0 bridgehead atoms. The Morgan fingerprint density at radius 1 is 1.39 bits per heavy atom. The minimum atomic E-state index is 0.494. The molecule has 2 rings (SSSR count). The molecule has 1 aliphatic heterocycles. The topological polar surface area (TPSA) is 41.1 Å². The van der Waals surface area contributed by atoms with Gasteiger partial charge in [-0.1, -0.05) is 27.2 Å². The van der Waals surface area contributed by atoms with Crippen LogP contribution in [0.5, 0.6) is 0 Å². The molecule has 4 heteroatoms. The highest BCUT2D eigenvalue weighted by molar-refractivity contribution is 5.31. The van der Waals surface area contributed by atoms with E-state index in [1.54, 1.807) is 0 Å². The first kappa shape index (κ1) is 13.3. The number of rotatable bonds is 5. The Morgan fingerprint density at radius 3 is 2.67 bits per heavy atom. The first-order valence-corrected chi connectivity index (χ1v) is 6.98. The van der Waals surface area contributed by atoms with Gasteiger partial charge in [-0.15, -0.1) is 0 Å². The van der Waals surface area contributed by atoms with Crippen molar-refractivity contribution in [1.29, 1.82) is 0 Å². The molecular weight excluding hydrogens is 224 g/mol. The average Bonchev–Trinajstić information content (AvgIpc) is 2.85. The van der Waals surface area contributed by atoms with Gasteiger partial charge in [0.25, 0.3) is 0 Å². The van der Waals surface area contributed by atoms with E-state index < -0.39 is 0 Å². The zero-order chi connectivity index (χ0) is 13.0. The number of nitrogens with zero attached hydrogens (tertiary/aromatic N) is 3. The summed E-state index contributed by atoms with van der Waals surface area (Å²) in [6, 6.07) is 0.494. The zero-order valence-electron chi connectivity index (χ0n) is 11.7. The Hall–Kier alpha value is -1.16. The third kappa shape index (κ3) is 3.42. The van der Waals surface area contributed by atoms with Gasteiger partial charge in [-0.25, -0.2) is 9.97 Å². The van der Waals surface area contributed by atoms with E-state index in [-0.39, 0.29) is 0 Å². The summed E-state index contributed by atoms with van der Waals surface area (Å²) < 4.78 is 0. The molecule has 2 heterocycles. The maximum Gasteiger partial charge on any atom is 0.225 e. The summed E-state index contributed by atoms with van der Waals surface area (Å²) in [6.45, 7) is 9.60. The average molecular weight is 248 g/mol. The minimum absolute atomic E-state index is 0.494. The third-order valence-electron chi connectivity index (χ3n) is 3.55. The largest absolute Gasteiger partial charge is 0.341 e. The highest BCUT2D eigenvalue weighted by atomic mass is 15.3. The van der Waals surface area contributed by atoms with Gasteiger partial charge in [-0.05, 0) is 12.3 Å². The van der Waals surface area contributed by atoms with E-state index in [9.17, 15) is 0 Å². The fourth-order valence-electron chi connectivity index (χ4n) is 2.27. The molecule has 1 fully saturated rings. The molecule has 18 heavy (non-hydrogen) atoms. The van der Waals surface area contributed by atoms with Gasteiger partial charge in [-0.2, -0.15) is 0 Å².